The van der Waals surface area contributed by atoms with Crippen molar-refractivity contribution in [1.82, 2.24) is 4.90 Å². The molecule has 1 amide bonds. The van der Waals surface area contributed by atoms with Crippen LogP contribution in [-0.2, 0) is 11.3 Å². The summed E-state index contributed by atoms with van der Waals surface area (Å²) in [5, 5.41) is 2.06. The number of hydrogen-bond donors (Lipinski definition) is 1. The van der Waals surface area contributed by atoms with Crippen molar-refractivity contribution in [2.24, 2.45) is 5.73 Å². The van der Waals surface area contributed by atoms with Crippen molar-refractivity contribution in [2.45, 2.75) is 13.5 Å². The lowest BCUT2D eigenvalue weighted by atomic mass is 10.3. The molecular weight excluding hydrogens is 184 g/mol. The van der Waals surface area contributed by atoms with Crippen LogP contribution in [0.2, 0.25) is 0 Å². The van der Waals surface area contributed by atoms with Gasteiger partial charge in [-0.05, 0) is 31.0 Å². The fourth-order valence-electron chi connectivity index (χ4n) is 1.13. The zero-order valence-corrected chi connectivity index (χ0v) is 8.73. The summed E-state index contributed by atoms with van der Waals surface area (Å²) in [6, 6.07) is 2.08. The van der Waals surface area contributed by atoms with Crippen molar-refractivity contribution in [3.63, 3.8) is 0 Å². The summed E-state index contributed by atoms with van der Waals surface area (Å²) < 4.78 is 0. The Hall–Kier alpha value is -0.870. The molecule has 0 unspecified atom stereocenters. The summed E-state index contributed by atoms with van der Waals surface area (Å²) in [7, 11) is 1.89. The number of nitrogens with zero attached hydrogens (tertiary/aromatic N) is 1. The molecule has 0 aliphatic heterocycles. The lowest BCUT2D eigenvalue weighted by Gasteiger charge is -2.13. The topological polar surface area (TPSA) is 46.3 Å². The number of nitrogens with two attached hydrogens (primary N) is 1. The second-order valence-electron chi connectivity index (χ2n) is 3.17. The zero-order chi connectivity index (χ0) is 9.84. The van der Waals surface area contributed by atoms with Gasteiger partial charge in [0.15, 0.2) is 0 Å². The smallest absolute Gasteiger partial charge is 0.231 e. The van der Waals surface area contributed by atoms with E-state index in [4.69, 9.17) is 5.73 Å². The second kappa shape index (κ2) is 4.39. The van der Waals surface area contributed by atoms with Crippen LogP contribution in [0.25, 0.3) is 0 Å². The third-order valence-corrected chi connectivity index (χ3v) is 2.82. The first kappa shape index (κ1) is 10.2. The van der Waals surface area contributed by atoms with E-state index in [1.165, 1.54) is 10.4 Å². The molecule has 0 spiro atoms. The predicted molar refractivity (Wildman–Crippen MR) is 54.6 cm³/mol. The van der Waals surface area contributed by atoms with E-state index < -0.39 is 0 Å². The molecule has 0 aliphatic rings. The van der Waals surface area contributed by atoms with Crippen LogP contribution < -0.4 is 5.73 Å². The third-order valence-electron chi connectivity index (χ3n) is 1.81. The van der Waals surface area contributed by atoms with Gasteiger partial charge in [0.05, 0.1) is 6.54 Å². The molecule has 0 aromatic carbocycles. The summed E-state index contributed by atoms with van der Waals surface area (Å²) in [6.07, 6.45) is 0. The molecule has 0 saturated carbocycles. The quantitative estimate of drug-likeness (QED) is 0.783. The molecule has 0 fully saturated rings. The van der Waals surface area contributed by atoms with Gasteiger partial charge in [0, 0.05) is 11.4 Å². The average molecular weight is 198 g/mol. The lowest BCUT2D eigenvalue weighted by molar-refractivity contribution is -0.118. The van der Waals surface area contributed by atoms with Crippen molar-refractivity contribution in [1.29, 1.82) is 0 Å². The third kappa shape index (κ3) is 3.16. The van der Waals surface area contributed by atoms with E-state index in [2.05, 4.69) is 18.4 Å². The Kier molecular flexibility index (Phi) is 3.45. The maximum absolute atomic E-state index is 10.6. The SMILES string of the molecule is Cc1ccsc1CN(C)CC(N)=O. The normalized spacial score (nSPS) is 10.7. The Labute approximate surface area is 82.2 Å². The Balaban J connectivity index is 2.49. The summed E-state index contributed by atoms with van der Waals surface area (Å²) in [4.78, 5) is 13.8. The molecule has 0 atom stereocenters. The van der Waals surface area contributed by atoms with Gasteiger partial charge >= 0.3 is 0 Å². The number of thiophene rings is 1. The maximum Gasteiger partial charge on any atom is 0.231 e. The van der Waals surface area contributed by atoms with E-state index >= 15 is 0 Å². The van der Waals surface area contributed by atoms with Gasteiger partial charge in [0.2, 0.25) is 5.91 Å². The first-order valence-corrected chi connectivity index (χ1v) is 4.97. The molecule has 1 aromatic heterocycles. The molecule has 0 saturated heterocycles. The van der Waals surface area contributed by atoms with Crippen molar-refractivity contribution in [3.05, 3.63) is 21.9 Å². The number of hydrogen-bond acceptors (Lipinski definition) is 3. The highest BCUT2D eigenvalue weighted by atomic mass is 32.1. The average Bonchev–Trinajstić information content (AvgIpc) is 2.34. The summed E-state index contributed by atoms with van der Waals surface area (Å²) >= 11 is 1.71. The highest BCUT2D eigenvalue weighted by Crippen LogP contribution is 2.16. The molecule has 0 aliphatic carbocycles. The van der Waals surface area contributed by atoms with Gasteiger partial charge in [-0.1, -0.05) is 0 Å². The standard InChI is InChI=1S/C9H14N2OS/c1-7-3-4-13-8(7)5-11(2)6-9(10)12/h3-4H,5-6H2,1-2H3,(H2,10,12). The monoisotopic (exact) mass is 198 g/mol. The van der Waals surface area contributed by atoms with Gasteiger partial charge in [0.25, 0.3) is 0 Å². The minimum absolute atomic E-state index is 0.281. The van der Waals surface area contributed by atoms with E-state index in [1.54, 1.807) is 11.3 Å². The highest BCUT2D eigenvalue weighted by Gasteiger charge is 2.06. The number of aryl methyl sites for hydroxylation is 1. The van der Waals surface area contributed by atoms with Crippen LogP contribution >= 0.6 is 11.3 Å². The van der Waals surface area contributed by atoms with Crippen molar-refractivity contribution < 1.29 is 4.79 Å². The number of likely N-dealkylation sites (N-methyl/N-ethyl adjacent to an activating group) is 1. The number of rotatable bonds is 4. The first-order chi connectivity index (χ1) is 6.09. The molecule has 3 nitrogen and oxygen atoms in total. The van der Waals surface area contributed by atoms with E-state index in [0.29, 0.717) is 6.54 Å². The first-order valence-electron chi connectivity index (χ1n) is 4.09. The van der Waals surface area contributed by atoms with Crippen LogP contribution in [0.15, 0.2) is 11.4 Å². The fourth-order valence-corrected chi connectivity index (χ4v) is 2.12. The number of amides is 1. The predicted octanol–water partition coefficient (Wildman–Crippen LogP) is 0.974. The van der Waals surface area contributed by atoms with Crippen LogP contribution in [0.3, 0.4) is 0 Å². The van der Waals surface area contributed by atoms with Gasteiger partial charge in [0.1, 0.15) is 0 Å². The van der Waals surface area contributed by atoms with Crippen LogP contribution in [0.5, 0.6) is 0 Å². The minimum Gasteiger partial charge on any atom is -0.369 e. The largest absolute Gasteiger partial charge is 0.369 e. The molecule has 0 radical (unpaired) electrons. The molecule has 1 heterocycles. The number of carbonyl (C=O) groups excluding carboxylic acids is 1. The summed E-state index contributed by atoms with van der Waals surface area (Å²) in [6.45, 7) is 3.19. The number of primary amides is 1. The van der Waals surface area contributed by atoms with Crippen LogP contribution in [0.1, 0.15) is 10.4 Å². The summed E-state index contributed by atoms with van der Waals surface area (Å²) in [5.74, 6) is -0.281. The van der Waals surface area contributed by atoms with Gasteiger partial charge in [-0.2, -0.15) is 0 Å². The number of carbonyl (C=O) groups is 1. The Morgan fingerprint density at radius 2 is 2.38 bits per heavy atom. The van der Waals surface area contributed by atoms with Crippen LogP contribution in [-0.4, -0.2) is 24.4 Å². The van der Waals surface area contributed by atoms with Gasteiger partial charge < -0.3 is 5.73 Å². The Morgan fingerprint density at radius 3 is 2.85 bits per heavy atom. The van der Waals surface area contributed by atoms with Crippen LogP contribution in [0, 0.1) is 6.92 Å². The van der Waals surface area contributed by atoms with E-state index in [1.807, 2.05) is 11.9 Å². The lowest BCUT2D eigenvalue weighted by Crippen LogP contribution is -2.30. The molecular formula is C9H14N2OS. The van der Waals surface area contributed by atoms with Gasteiger partial charge in [-0.15, -0.1) is 11.3 Å². The molecule has 13 heavy (non-hydrogen) atoms. The minimum atomic E-state index is -0.281. The molecule has 0 bridgehead atoms. The Bertz CT molecular complexity index is 296. The van der Waals surface area contributed by atoms with E-state index in [0.717, 1.165) is 6.54 Å². The molecule has 1 rings (SSSR count). The molecule has 1 aromatic rings. The second-order valence-corrected chi connectivity index (χ2v) is 4.17. The molecule has 4 heteroatoms. The van der Waals surface area contributed by atoms with Crippen LogP contribution in [0.4, 0.5) is 0 Å². The van der Waals surface area contributed by atoms with E-state index in [9.17, 15) is 4.79 Å². The highest BCUT2D eigenvalue weighted by molar-refractivity contribution is 7.10. The molecule has 72 valence electrons. The zero-order valence-electron chi connectivity index (χ0n) is 7.91. The van der Waals surface area contributed by atoms with Crippen molar-refractivity contribution in [3.8, 4) is 0 Å². The van der Waals surface area contributed by atoms with Crippen molar-refractivity contribution >= 4 is 17.2 Å². The maximum atomic E-state index is 10.6. The van der Waals surface area contributed by atoms with Gasteiger partial charge in [-0.3, -0.25) is 9.69 Å². The van der Waals surface area contributed by atoms with E-state index in [-0.39, 0.29) is 5.91 Å². The summed E-state index contributed by atoms with van der Waals surface area (Å²) in [5.41, 5.74) is 6.36. The Morgan fingerprint density at radius 1 is 1.69 bits per heavy atom. The van der Waals surface area contributed by atoms with Crippen molar-refractivity contribution in [2.75, 3.05) is 13.6 Å². The molecule has 2 N–H and O–H groups in total. The fraction of sp³-hybridized carbons (Fsp3) is 0.444. The van der Waals surface area contributed by atoms with Gasteiger partial charge in [-0.25, -0.2) is 0 Å².